The van der Waals surface area contributed by atoms with Crippen LogP contribution in [-0.2, 0) is 17.6 Å². The average molecular weight is 321 g/mol. The highest BCUT2D eigenvalue weighted by atomic mass is 35.5. The number of hydrogen-bond acceptors (Lipinski definition) is 3. The van der Waals surface area contributed by atoms with Gasteiger partial charge in [-0.2, -0.15) is 0 Å². The molecule has 5 heteroatoms. The lowest BCUT2D eigenvalue weighted by Crippen LogP contribution is -2.30. The summed E-state index contributed by atoms with van der Waals surface area (Å²) in [5.41, 5.74) is 3.00. The SMILES string of the molecule is CC(C)c1nc(CC(=O)N2CCc3ccc(Cl)cc32)cs1. The molecule has 1 amide bonds. The third-order valence-corrected chi connectivity index (χ3v) is 5.07. The van der Waals surface area contributed by atoms with E-state index in [9.17, 15) is 4.79 Å². The molecule has 0 unspecified atom stereocenters. The zero-order valence-corrected chi connectivity index (χ0v) is 13.7. The van der Waals surface area contributed by atoms with Crippen molar-refractivity contribution in [1.82, 2.24) is 4.98 Å². The van der Waals surface area contributed by atoms with E-state index in [1.54, 1.807) is 11.3 Å². The first-order chi connectivity index (χ1) is 10.0. The summed E-state index contributed by atoms with van der Waals surface area (Å²) in [7, 11) is 0. The van der Waals surface area contributed by atoms with Crippen LogP contribution in [0.5, 0.6) is 0 Å². The van der Waals surface area contributed by atoms with Gasteiger partial charge in [-0.1, -0.05) is 31.5 Å². The van der Waals surface area contributed by atoms with Crippen LogP contribution in [0.1, 0.15) is 36.0 Å². The first kappa shape index (κ1) is 14.5. The van der Waals surface area contributed by atoms with Gasteiger partial charge in [0.25, 0.3) is 0 Å². The molecular formula is C16H17ClN2OS. The van der Waals surface area contributed by atoms with Gasteiger partial charge in [-0.3, -0.25) is 4.79 Å². The number of carbonyl (C=O) groups is 1. The molecule has 0 aliphatic carbocycles. The first-order valence-corrected chi connectivity index (χ1v) is 8.33. The lowest BCUT2D eigenvalue weighted by Gasteiger charge is -2.17. The van der Waals surface area contributed by atoms with E-state index >= 15 is 0 Å². The van der Waals surface area contributed by atoms with Crippen molar-refractivity contribution in [1.29, 1.82) is 0 Å². The van der Waals surface area contributed by atoms with Gasteiger partial charge in [0.05, 0.1) is 17.1 Å². The van der Waals surface area contributed by atoms with E-state index in [4.69, 9.17) is 11.6 Å². The summed E-state index contributed by atoms with van der Waals surface area (Å²) in [4.78, 5) is 18.9. The summed E-state index contributed by atoms with van der Waals surface area (Å²) in [6, 6.07) is 5.76. The minimum atomic E-state index is 0.0941. The molecule has 3 nitrogen and oxygen atoms in total. The summed E-state index contributed by atoms with van der Waals surface area (Å²) in [5, 5.41) is 3.74. The molecule has 3 rings (SSSR count). The predicted molar refractivity (Wildman–Crippen MR) is 87.4 cm³/mol. The number of halogens is 1. The monoisotopic (exact) mass is 320 g/mol. The maximum Gasteiger partial charge on any atom is 0.233 e. The highest BCUT2D eigenvalue weighted by Gasteiger charge is 2.25. The number of amides is 1. The molecule has 110 valence electrons. The van der Waals surface area contributed by atoms with Crippen molar-refractivity contribution in [2.75, 3.05) is 11.4 Å². The number of carbonyl (C=O) groups excluding carboxylic acids is 1. The number of rotatable bonds is 3. The van der Waals surface area contributed by atoms with E-state index in [1.165, 1.54) is 5.56 Å². The Balaban J connectivity index is 1.76. The molecule has 0 atom stereocenters. The number of thiazole rings is 1. The maximum atomic E-state index is 12.5. The van der Waals surface area contributed by atoms with Gasteiger partial charge in [-0.25, -0.2) is 4.98 Å². The summed E-state index contributed by atoms with van der Waals surface area (Å²) >= 11 is 7.67. The minimum Gasteiger partial charge on any atom is -0.311 e. The normalized spacial score (nSPS) is 13.8. The van der Waals surface area contributed by atoms with Gasteiger partial charge in [-0.15, -0.1) is 11.3 Å². The Labute approximate surface area is 133 Å². The second kappa shape index (κ2) is 5.78. The molecule has 0 saturated heterocycles. The number of fused-ring (bicyclic) bond motifs is 1. The Morgan fingerprint density at radius 1 is 1.48 bits per heavy atom. The van der Waals surface area contributed by atoms with E-state index in [0.717, 1.165) is 29.4 Å². The smallest absolute Gasteiger partial charge is 0.233 e. The van der Waals surface area contributed by atoms with Gasteiger partial charge in [-0.05, 0) is 24.1 Å². The number of nitrogens with zero attached hydrogens (tertiary/aromatic N) is 2. The highest BCUT2D eigenvalue weighted by Crippen LogP contribution is 2.31. The molecular weight excluding hydrogens is 304 g/mol. The third-order valence-electron chi connectivity index (χ3n) is 3.64. The molecule has 1 aliphatic heterocycles. The van der Waals surface area contributed by atoms with Crippen LogP contribution < -0.4 is 4.90 Å². The van der Waals surface area contributed by atoms with E-state index in [1.807, 2.05) is 28.5 Å². The third kappa shape index (κ3) is 2.97. The van der Waals surface area contributed by atoms with Crippen LogP contribution in [0.4, 0.5) is 5.69 Å². The second-order valence-corrected chi connectivity index (χ2v) is 6.90. The molecule has 2 aromatic rings. The van der Waals surface area contributed by atoms with Gasteiger partial charge in [0.2, 0.25) is 5.91 Å². The summed E-state index contributed by atoms with van der Waals surface area (Å²) in [5.74, 6) is 0.502. The topological polar surface area (TPSA) is 33.2 Å². The minimum absolute atomic E-state index is 0.0941. The van der Waals surface area contributed by atoms with Crippen LogP contribution in [0.3, 0.4) is 0 Å². The largest absolute Gasteiger partial charge is 0.311 e. The fourth-order valence-electron chi connectivity index (χ4n) is 2.53. The van der Waals surface area contributed by atoms with Crippen molar-refractivity contribution in [3.63, 3.8) is 0 Å². The quantitative estimate of drug-likeness (QED) is 0.854. The van der Waals surface area contributed by atoms with Crippen molar-refractivity contribution in [2.24, 2.45) is 0 Å². The van der Waals surface area contributed by atoms with Crippen molar-refractivity contribution >= 4 is 34.5 Å². The van der Waals surface area contributed by atoms with Gasteiger partial charge >= 0.3 is 0 Å². The van der Waals surface area contributed by atoms with E-state index in [2.05, 4.69) is 18.8 Å². The van der Waals surface area contributed by atoms with Crippen molar-refractivity contribution < 1.29 is 4.79 Å². The lowest BCUT2D eigenvalue weighted by atomic mass is 10.2. The molecule has 0 fully saturated rings. The van der Waals surface area contributed by atoms with Crippen LogP contribution in [0, 0.1) is 0 Å². The van der Waals surface area contributed by atoms with E-state index in [0.29, 0.717) is 17.4 Å². The van der Waals surface area contributed by atoms with Gasteiger partial charge in [0.15, 0.2) is 0 Å². The fourth-order valence-corrected chi connectivity index (χ4v) is 3.53. The Hall–Kier alpha value is -1.39. The summed E-state index contributed by atoms with van der Waals surface area (Å²) in [6.07, 6.45) is 1.25. The molecule has 1 aromatic heterocycles. The number of hydrogen-bond donors (Lipinski definition) is 0. The van der Waals surface area contributed by atoms with Gasteiger partial charge in [0.1, 0.15) is 0 Å². The maximum absolute atomic E-state index is 12.5. The molecule has 1 aliphatic rings. The van der Waals surface area contributed by atoms with Crippen molar-refractivity contribution in [2.45, 2.75) is 32.6 Å². The number of aromatic nitrogens is 1. The standard InChI is InChI=1S/C16H17ClN2OS/c1-10(2)16-18-13(9-21-16)8-15(20)19-6-5-11-3-4-12(17)7-14(11)19/h3-4,7,9-10H,5-6,8H2,1-2H3. The molecule has 0 saturated carbocycles. The highest BCUT2D eigenvalue weighted by molar-refractivity contribution is 7.09. The average Bonchev–Trinajstić information content (AvgIpc) is 3.04. The number of anilines is 1. The molecule has 0 radical (unpaired) electrons. The van der Waals surface area contributed by atoms with E-state index < -0.39 is 0 Å². The zero-order valence-electron chi connectivity index (χ0n) is 12.1. The van der Waals surface area contributed by atoms with Gasteiger partial charge < -0.3 is 4.90 Å². The zero-order chi connectivity index (χ0) is 15.0. The van der Waals surface area contributed by atoms with Crippen molar-refractivity contribution in [3.05, 3.63) is 44.9 Å². The molecule has 0 spiro atoms. The van der Waals surface area contributed by atoms with Crippen LogP contribution in [0.25, 0.3) is 0 Å². The van der Waals surface area contributed by atoms with E-state index in [-0.39, 0.29) is 5.91 Å². The molecule has 0 bridgehead atoms. The number of benzene rings is 1. The Morgan fingerprint density at radius 3 is 3.00 bits per heavy atom. The van der Waals surface area contributed by atoms with Crippen LogP contribution >= 0.6 is 22.9 Å². The first-order valence-electron chi connectivity index (χ1n) is 7.07. The summed E-state index contributed by atoms with van der Waals surface area (Å²) < 4.78 is 0. The van der Waals surface area contributed by atoms with Gasteiger partial charge in [0, 0.05) is 28.6 Å². The fraction of sp³-hybridized carbons (Fsp3) is 0.375. The molecule has 1 aromatic carbocycles. The van der Waals surface area contributed by atoms with Crippen LogP contribution in [0.2, 0.25) is 5.02 Å². The summed E-state index contributed by atoms with van der Waals surface area (Å²) in [6.45, 7) is 4.96. The molecule has 2 heterocycles. The Morgan fingerprint density at radius 2 is 2.29 bits per heavy atom. The van der Waals surface area contributed by atoms with Crippen LogP contribution in [0.15, 0.2) is 23.6 Å². The predicted octanol–water partition coefficient (Wildman–Crippen LogP) is 4.05. The van der Waals surface area contributed by atoms with Crippen molar-refractivity contribution in [3.8, 4) is 0 Å². The molecule has 21 heavy (non-hydrogen) atoms. The molecule has 0 N–H and O–H groups in total. The lowest BCUT2D eigenvalue weighted by molar-refractivity contribution is -0.117. The second-order valence-electron chi connectivity index (χ2n) is 5.58. The van der Waals surface area contributed by atoms with Crippen LogP contribution in [-0.4, -0.2) is 17.4 Å². The Bertz CT molecular complexity index is 681. The Kier molecular flexibility index (Phi) is 4.00.